The lowest BCUT2D eigenvalue weighted by Gasteiger charge is -2.09. The van der Waals surface area contributed by atoms with Gasteiger partial charge in [0.2, 0.25) is 0 Å². The zero-order valence-corrected chi connectivity index (χ0v) is 9.24. The largest absolute Gasteiger partial charge is 0.391 e. The van der Waals surface area contributed by atoms with E-state index in [1.165, 1.54) is 6.07 Å². The first-order valence-corrected chi connectivity index (χ1v) is 5.05. The first-order chi connectivity index (χ1) is 7.63. The molecule has 4 heteroatoms. The predicted molar refractivity (Wildman–Crippen MR) is 58.9 cm³/mol. The summed E-state index contributed by atoms with van der Waals surface area (Å²) in [6, 6.07) is 6.60. The smallest absolute Gasteiger partial charge is 0.130 e. The molecule has 1 aromatic heterocycles. The normalized spacial score (nSPS) is 10.8. The molecule has 0 amide bonds. The molecular formula is C12H13FN2O. The lowest BCUT2D eigenvalue weighted by molar-refractivity contribution is 0.275. The molecule has 1 heterocycles. The third-order valence-corrected chi connectivity index (χ3v) is 2.49. The molecule has 0 aliphatic rings. The van der Waals surface area contributed by atoms with E-state index in [2.05, 4.69) is 5.10 Å². The van der Waals surface area contributed by atoms with Crippen molar-refractivity contribution in [2.24, 2.45) is 0 Å². The van der Waals surface area contributed by atoms with Gasteiger partial charge >= 0.3 is 0 Å². The summed E-state index contributed by atoms with van der Waals surface area (Å²) in [5.74, 6) is -0.410. The molecule has 0 fully saturated rings. The van der Waals surface area contributed by atoms with E-state index in [-0.39, 0.29) is 12.2 Å². The number of aliphatic hydroxyl groups is 1. The quantitative estimate of drug-likeness (QED) is 0.841. The summed E-state index contributed by atoms with van der Waals surface area (Å²) in [6.45, 7) is 3.44. The van der Waals surface area contributed by atoms with Gasteiger partial charge in [-0.15, -0.1) is 0 Å². The fourth-order valence-corrected chi connectivity index (χ4v) is 1.78. The van der Waals surface area contributed by atoms with Crippen molar-refractivity contribution in [2.75, 3.05) is 0 Å². The highest BCUT2D eigenvalue weighted by atomic mass is 19.1. The van der Waals surface area contributed by atoms with Crippen LogP contribution in [0.5, 0.6) is 0 Å². The Kier molecular flexibility index (Phi) is 2.75. The molecule has 1 aromatic carbocycles. The first-order valence-electron chi connectivity index (χ1n) is 5.05. The summed E-state index contributed by atoms with van der Waals surface area (Å²) in [6.07, 6.45) is 0. The summed E-state index contributed by atoms with van der Waals surface area (Å²) in [5.41, 5.74) is 2.64. The van der Waals surface area contributed by atoms with Crippen molar-refractivity contribution in [3.05, 3.63) is 47.0 Å². The molecule has 0 bridgehead atoms. The van der Waals surface area contributed by atoms with Crippen LogP contribution in [0.1, 0.15) is 17.0 Å². The zero-order chi connectivity index (χ0) is 11.7. The minimum atomic E-state index is -0.410. The molecule has 0 spiro atoms. The van der Waals surface area contributed by atoms with Crippen LogP contribution in [0.15, 0.2) is 24.3 Å². The molecule has 0 unspecified atom stereocenters. The van der Waals surface area contributed by atoms with Crippen LogP contribution >= 0.6 is 0 Å². The molecule has 0 radical (unpaired) electrons. The lowest BCUT2D eigenvalue weighted by Crippen LogP contribution is -2.05. The third-order valence-electron chi connectivity index (χ3n) is 2.49. The molecule has 2 rings (SSSR count). The number of aryl methyl sites for hydroxylation is 2. The van der Waals surface area contributed by atoms with Gasteiger partial charge in [-0.05, 0) is 32.0 Å². The Morgan fingerprint density at radius 1 is 1.38 bits per heavy atom. The molecule has 3 nitrogen and oxygen atoms in total. The number of benzene rings is 1. The Hall–Kier alpha value is -1.68. The van der Waals surface area contributed by atoms with Gasteiger partial charge in [0.15, 0.2) is 0 Å². The number of hydrogen-bond donors (Lipinski definition) is 1. The fourth-order valence-electron chi connectivity index (χ4n) is 1.78. The Morgan fingerprint density at radius 3 is 2.69 bits per heavy atom. The molecule has 2 aromatic rings. The van der Waals surface area contributed by atoms with Crippen LogP contribution in [0.3, 0.4) is 0 Å². The lowest BCUT2D eigenvalue weighted by atomic mass is 10.1. The summed E-state index contributed by atoms with van der Waals surface area (Å²) >= 11 is 0. The molecule has 0 saturated carbocycles. The van der Waals surface area contributed by atoms with E-state index in [0.717, 1.165) is 11.4 Å². The Morgan fingerprint density at radius 2 is 2.12 bits per heavy atom. The van der Waals surface area contributed by atoms with Gasteiger partial charge in [0.25, 0.3) is 0 Å². The van der Waals surface area contributed by atoms with Crippen molar-refractivity contribution in [3.8, 4) is 5.69 Å². The maximum atomic E-state index is 13.5. The van der Waals surface area contributed by atoms with Crippen molar-refractivity contribution in [1.29, 1.82) is 0 Å². The summed E-state index contributed by atoms with van der Waals surface area (Å²) in [5, 5.41) is 13.4. The Balaban J connectivity index is 2.64. The number of nitrogens with zero attached hydrogens (tertiary/aromatic N) is 2. The highest BCUT2D eigenvalue weighted by Gasteiger charge is 2.11. The number of hydrogen-bond acceptors (Lipinski definition) is 2. The van der Waals surface area contributed by atoms with E-state index >= 15 is 0 Å². The maximum absolute atomic E-state index is 13.5. The van der Waals surface area contributed by atoms with Crippen LogP contribution in [0.25, 0.3) is 5.69 Å². The van der Waals surface area contributed by atoms with Crippen molar-refractivity contribution in [2.45, 2.75) is 20.5 Å². The number of aromatic nitrogens is 2. The van der Waals surface area contributed by atoms with Crippen LogP contribution in [0.2, 0.25) is 0 Å². The van der Waals surface area contributed by atoms with E-state index in [1.807, 2.05) is 19.9 Å². The average molecular weight is 220 g/mol. The molecule has 0 aliphatic heterocycles. The summed E-state index contributed by atoms with van der Waals surface area (Å²) in [4.78, 5) is 0. The molecule has 1 N–H and O–H groups in total. The van der Waals surface area contributed by atoms with Gasteiger partial charge in [0.05, 0.1) is 18.0 Å². The minimum Gasteiger partial charge on any atom is -0.391 e. The van der Waals surface area contributed by atoms with E-state index in [0.29, 0.717) is 5.69 Å². The number of halogens is 1. The van der Waals surface area contributed by atoms with Crippen LogP contribution in [-0.4, -0.2) is 14.9 Å². The second-order valence-corrected chi connectivity index (χ2v) is 3.73. The highest BCUT2D eigenvalue weighted by Crippen LogP contribution is 2.19. The van der Waals surface area contributed by atoms with E-state index in [1.54, 1.807) is 16.8 Å². The van der Waals surface area contributed by atoms with Gasteiger partial charge in [-0.2, -0.15) is 5.10 Å². The van der Waals surface area contributed by atoms with E-state index in [4.69, 9.17) is 0 Å². The standard InChI is InChI=1S/C12H13FN2O/c1-8-6-9(2)15(14-8)12-5-3-4-11(13)10(12)7-16/h3-6,16H,7H2,1-2H3. The second kappa shape index (κ2) is 4.06. The zero-order valence-electron chi connectivity index (χ0n) is 9.24. The van der Waals surface area contributed by atoms with Gasteiger partial charge in [-0.25, -0.2) is 9.07 Å². The molecule has 0 saturated heterocycles. The highest BCUT2D eigenvalue weighted by molar-refractivity contribution is 5.42. The van der Waals surface area contributed by atoms with Gasteiger partial charge in [0, 0.05) is 11.3 Å². The Bertz CT molecular complexity index is 520. The van der Waals surface area contributed by atoms with Crippen molar-refractivity contribution in [3.63, 3.8) is 0 Å². The topological polar surface area (TPSA) is 38.0 Å². The molecular weight excluding hydrogens is 207 g/mol. The van der Waals surface area contributed by atoms with Crippen LogP contribution in [-0.2, 0) is 6.61 Å². The molecule has 16 heavy (non-hydrogen) atoms. The van der Waals surface area contributed by atoms with Crippen LogP contribution < -0.4 is 0 Å². The SMILES string of the molecule is Cc1cc(C)n(-c2cccc(F)c2CO)n1. The van der Waals surface area contributed by atoms with Crippen molar-refractivity contribution in [1.82, 2.24) is 9.78 Å². The van der Waals surface area contributed by atoms with Crippen molar-refractivity contribution < 1.29 is 9.50 Å². The number of aliphatic hydroxyl groups excluding tert-OH is 1. The average Bonchev–Trinajstić information content (AvgIpc) is 2.57. The predicted octanol–water partition coefficient (Wildman–Crippen LogP) is 2.12. The second-order valence-electron chi connectivity index (χ2n) is 3.73. The van der Waals surface area contributed by atoms with Gasteiger partial charge in [0.1, 0.15) is 5.82 Å². The Labute approximate surface area is 93.2 Å². The van der Waals surface area contributed by atoms with Gasteiger partial charge < -0.3 is 5.11 Å². The van der Waals surface area contributed by atoms with E-state index in [9.17, 15) is 9.50 Å². The van der Waals surface area contributed by atoms with Crippen LogP contribution in [0.4, 0.5) is 4.39 Å². The van der Waals surface area contributed by atoms with Crippen LogP contribution in [0, 0.1) is 19.7 Å². The third kappa shape index (κ3) is 1.72. The summed E-state index contributed by atoms with van der Waals surface area (Å²) < 4.78 is 15.1. The fraction of sp³-hybridized carbons (Fsp3) is 0.250. The van der Waals surface area contributed by atoms with Gasteiger partial charge in [-0.3, -0.25) is 0 Å². The minimum absolute atomic E-state index is 0.272. The number of rotatable bonds is 2. The monoisotopic (exact) mass is 220 g/mol. The molecule has 84 valence electrons. The van der Waals surface area contributed by atoms with Crippen molar-refractivity contribution >= 4 is 0 Å². The summed E-state index contributed by atoms with van der Waals surface area (Å²) in [7, 11) is 0. The molecule has 0 aliphatic carbocycles. The molecule has 0 atom stereocenters. The van der Waals surface area contributed by atoms with E-state index < -0.39 is 5.82 Å². The van der Waals surface area contributed by atoms with Gasteiger partial charge in [-0.1, -0.05) is 6.07 Å². The maximum Gasteiger partial charge on any atom is 0.130 e. The first kappa shape index (κ1) is 10.8.